The van der Waals surface area contributed by atoms with E-state index in [1.807, 2.05) is 72.2 Å². The number of fused-ring (bicyclic) bond motifs is 1. The first kappa shape index (κ1) is 19.9. The van der Waals surface area contributed by atoms with E-state index in [1.54, 1.807) is 0 Å². The Bertz CT molecular complexity index is 1230. The summed E-state index contributed by atoms with van der Waals surface area (Å²) < 4.78 is 2.03. The summed E-state index contributed by atoms with van der Waals surface area (Å²) in [5.41, 5.74) is 7.66. The molecule has 0 aliphatic heterocycles. The van der Waals surface area contributed by atoms with Crippen molar-refractivity contribution >= 4 is 17.2 Å². The molecule has 2 aromatic heterocycles. The summed E-state index contributed by atoms with van der Waals surface area (Å²) in [5.74, 6) is -0.110. The smallest absolute Gasteiger partial charge is 0.255 e. The third-order valence-electron chi connectivity index (χ3n) is 5.47. The summed E-state index contributed by atoms with van der Waals surface area (Å²) in [7, 11) is 0. The van der Waals surface area contributed by atoms with Crippen LogP contribution in [0.15, 0.2) is 67.0 Å². The Labute approximate surface area is 177 Å². The molecular formula is C26H27N3O. The van der Waals surface area contributed by atoms with Crippen molar-refractivity contribution in [2.75, 3.05) is 5.32 Å². The Hall–Kier alpha value is -3.40. The topological polar surface area (TPSA) is 46.4 Å². The van der Waals surface area contributed by atoms with Crippen molar-refractivity contribution in [1.82, 2.24) is 9.38 Å². The number of aromatic nitrogens is 2. The van der Waals surface area contributed by atoms with E-state index in [0.717, 1.165) is 33.7 Å². The van der Waals surface area contributed by atoms with Crippen LogP contribution >= 0.6 is 0 Å². The van der Waals surface area contributed by atoms with Gasteiger partial charge in [-0.25, -0.2) is 4.98 Å². The second-order valence-corrected chi connectivity index (χ2v) is 8.86. The zero-order valence-electron chi connectivity index (χ0n) is 18.2. The zero-order valence-corrected chi connectivity index (χ0v) is 18.2. The molecule has 1 amide bonds. The number of nitrogens with one attached hydrogen (secondary N) is 1. The van der Waals surface area contributed by atoms with Gasteiger partial charge in [0.1, 0.15) is 5.65 Å². The Morgan fingerprint density at radius 1 is 0.967 bits per heavy atom. The summed E-state index contributed by atoms with van der Waals surface area (Å²) in [6.45, 7) is 10.5. The van der Waals surface area contributed by atoms with Crippen molar-refractivity contribution in [3.8, 4) is 11.3 Å². The molecule has 30 heavy (non-hydrogen) atoms. The molecule has 0 unspecified atom stereocenters. The monoisotopic (exact) mass is 397 g/mol. The van der Waals surface area contributed by atoms with Gasteiger partial charge in [-0.2, -0.15) is 0 Å². The molecule has 0 saturated heterocycles. The summed E-state index contributed by atoms with van der Waals surface area (Å²) in [6, 6.07) is 17.9. The van der Waals surface area contributed by atoms with E-state index >= 15 is 0 Å². The number of rotatable bonds is 3. The van der Waals surface area contributed by atoms with Crippen LogP contribution in [0, 0.1) is 13.8 Å². The third kappa shape index (κ3) is 3.86. The molecule has 4 heteroatoms. The fourth-order valence-electron chi connectivity index (χ4n) is 3.52. The predicted octanol–water partition coefficient (Wildman–Crippen LogP) is 6.17. The van der Waals surface area contributed by atoms with E-state index in [0.29, 0.717) is 5.56 Å². The van der Waals surface area contributed by atoms with Crippen molar-refractivity contribution in [2.45, 2.75) is 40.0 Å². The minimum Gasteiger partial charge on any atom is -0.322 e. The lowest BCUT2D eigenvalue weighted by Gasteiger charge is -2.19. The largest absolute Gasteiger partial charge is 0.322 e. The van der Waals surface area contributed by atoms with Gasteiger partial charge in [0.25, 0.3) is 5.91 Å². The minimum atomic E-state index is -0.110. The van der Waals surface area contributed by atoms with Gasteiger partial charge in [0.15, 0.2) is 0 Å². The van der Waals surface area contributed by atoms with Crippen LogP contribution in [0.3, 0.4) is 0 Å². The second kappa shape index (κ2) is 7.45. The average molecular weight is 398 g/mol. The molecule has 2 heterocycles. The van der Waals surface area contributed by atoms with Crippen LogP contribution in [0.1, 0.15) is 47.8 Å². The molecule has 0 saturated carbocycles. The minimum absolute atomic E-state index is 0.0619. The molecule has 0 atom stereocenters. The quantitative estimate of drug-likeness (QED) is 0.449. The van der Waals surface area contributed by atoms with Gasteiger partial charge in [-0.1, -0.05) is 51.1 Å². The fourth-order valence-corrected chi connectivity index (χ4v) is 3.52. The van der Waals surface area contributed by atoms with Gasteiger partial charge in [0, 0.05) is 29.2 Å². The Balaban J connectivity index is 1.61. The van der Waals surface area contributed by atoms with Gasteiger partial charge in [-0.15, -0.1) is 0 Å². The van der Waals surface area contributed by atoms with Crippen molar-refractivity contribution in [2.24, 2.45) is 0 Å². The summed E-state index contributed by atoms with van der Waals surface area (Å²) in [5, 5.41) is 3.07. The number of hydrogen-bond donors (Lipinski definition) is 1. The Kier molecular flexibility index (Phi) is 4.94. The number of aryl methyl sites for hydroxylation is 2. The van der Waals surface area contributed by atoms with Crippen molar-refractivity contribution < 1.29 is 4.79 Å². The zero-order chi connectivity index (χ0) is 21.5. The first-order valence-corrected chi connectivity index (χ1v) is 10.2. The van der Waals surface area contributed by atoms with Crippen LogP contribution in [0.5, 0.6) is 0 Å². The molecule has 0 spiro atoms. The Morgan fingerprint density at radius 3 is 2.37 bits per heavy atom. The van der Waals surface area contributed by atoms with Crippen LogP contribution in [0.25, 0.3) is 16.9 Å². The molecule has 0 aliphatic carbocycles. The van der Waals surface area contributed by atoms with Gasteiger partial charge in [-0.3, -0.25) is 4.79 Å². The standard InChI is InChI=1S/C26H27N3O/c1-17-8-9-20(23-16-29-14-6-7-18(2)24(29)27-23)15-22(17)28-25(30)19-10-12-21(13-11-19)26(3,4)5/h6-16H,1-5H3,(H,28,30). The normalized spacial score (nSPS) is 11.6. The number of nitrogens with zero attached hydrogens (tertiary/aromatic N) is 2. The van der Waals surface area contributed by atoms with Crippen LogP contribution < -0.4 is 5.32 Å². The number of hydrogen-bond acceptors (Lipinski definition) is 2. The molecular weight excluding hydrogens is 370 g/mol. The lowest BCUT2D eigenvalue weighted by molar-refractivity contribution is 0.102. The average Bonchev–Trinajstić information content (AvgIpc) is 3.15. The highest BCUT2D eigenvalue weighted by molar-refractivity contribution is 6.05. The maximum atomic E-state index is 12.8. The van der Waals surface area contributed by atoms with Gasteiger partial charge in [-0.05, 0) is 60.2 Å². The fraction of sp³-hybridized carbons (Fsp3) is 0.231. The van der Waals surface area contributed by atoms with E-state index in [4.69, 9.17) is 4.98 Å². The van der Waals surface area contributed by atoms with Crippen LogP contribution in [0.4, 0.5) is 5.69 Å². The van der Waals surface area contributed by atoms with Crippen molar-refractivity contribution in [1.29, 1.82) is 0 Å². The summed E-state index contributed by atoms with van der Waals surface area (Å²) in [6.07, 6.45) is 4.01. The molecule has 0 fully saturated rings. The number of carbonyl (C=O) groups is 1. The van der Waals surface area contributed by atoms with Gasteiger partial charge in [0.05, 0.1) is 5.69 Å². The van der Waals surface area contributed by atoms with E-state index < -0.39 is 0 Å². The lowest BCUT2D eigenvalue weighted by atomic mass is 9.86. The highest BCUT2D eigenvalue weighted by atomic mass is 16.1. The highest BCUT2D eigenvalue weighted by Gasteiger charge is 2.15. The molecule has 0 bridgehead atoms. The van der Waals surface area contributed by atoms with Gasteiger partial charge >= 0.3 is 0 Å². The van der Waals surface area contributed by atoms with E-state index in [-0.39, 0.29) is 11.3 Å². The molecule has 0 radical (unpaired) electrons. The highest BCUT2D eigenvalue weighted by Crippen LogP contribution is 2.27. The number of anilines is 1. The third-order valence-corrected chi connectivity index (χ3v) is 5.47. The van der Waals surface area contributed by atoms with Crippen molar-refractivity contribution in [3.05, 3.63) is 89.2 Å². The van der Waals surface area contributed by atoms with Crippen molar-refractivity contribution in [3.63, 3.8) is 0 Å². The summed E-state index contributed by atoms with van der Waals surface area (Å²) in [4.78, 5) is 17.6. The molecule has 152 valence electrons. The number of amides is 1. The molecule has 1 N–H and O–H groups in total. The first-order chi connectivity index (χ1) is 14.2. The van der Waals surface area contributed by atoms with Gasteiger partial charge in [0.2, 0.25) is 0 Å². The predicted molar refractivity (Wildman–Crippen MR) is 123 cm³/mol. The number of imidazole rings is 1. The molecule has 4 aromatic rings. The maximum Gasteiger partial charge on any atom is 0.255 e. The molecule has 4 rings (SSSR count). The maximum absolute atomic E-state index is 12.8. The molecule has 4 nitrogen and oxygen atoms in total. The van der Waals surface area contributed by atoms with E-state index in [9.17, 15) is 4.79 Å². The first-order valence-electron chi connectivity index (χ1n) is 10.2. The molecule has 0 aliphatic rings. The van der Waals surface area contributed by atoms with Crippen LogP contribution in [0.2, 0.25) is 0 Å². The van der Waals surface area contributed by atoms with E-state index in [2.05, 4.69) is 39.1 Å². The van der Waals surface area contributed by atoms with Crippen LogP contribution in [-0.2, 0) is 5.41 Å². The molecule has 2 aromatic carbocycles. The SMILES string of the molecule is Cc1ccc(-c2cn3cccc(C)c3n2)cc1NC(=O)c1ccc(C(C)(C)C)cc1. The number of benzene rings is 2. The number of carbonyl (C=O) groups excluding carboxylic acids is 1. The lowest BCUT2D eigenvalue weighted by Crippen LogP contribution is -2.15. The van der Waals surface area contributed by atoms with Gasteiger partial charge < -0.3 is 9.72 Å². The Morgan fingerprint density at radius 2 is 1.70 bits per heavy atom. The van der Waals surface area contributed by atoms with Crippen LogP contribution in [-0.4, -0.2) is 15.3 Å². The van der Waals surface area contributed by atoms with E-state index in [1.165, 1.54) is 5.56 Å². The number of pyridine rings is 1. The summed E-state index contributed by atoms with van der Waals surface area (Å²) >= 11 is 0. The second-order valence-electron chi connectivity index (χ2n) is 8.86.